The smallest absolute Gasteiger partial charge is 0.287 e. The van der Waals surface area contributed by atoms with Crippen molar-refractivity contribution in [2.24, 2.45) is 5.92 Å². The van der Waals surface area contributed by atoms with Crippen LogP contribution in [0.15, 0.2) is 53.1 Å². The molecule has 0 unspecified atom stereocenters. The van der Waals surface area contributed by atoms with Crippen molar-refractivity contribution in [3.8, 4) is 0 Å². The number of rotatable bonds is 6. The molecule has 1 aliphatic carbocycles. The first-order chi connectivity index (χ1) is 17.0. The Morgan fingerprint density at radius 2 is 1.74 bits per heavy atom. The molecule has 3 atom stereocenters. The number of ketones is 1. The highest BCUT2D eigenvalue weighted by Gasteiger charge is 2.52. The van der Waals surface area contributed by atoms with Crippen LogP contribution in [0.1, 0.15) is 65.9 Å². The molecule has 3 amide bonds. The average Bonchev–Trinajstić information content (AvgIpc) is 3.63. The first-order valence-electron chi connectivity index (χ1n) is 12.6. The van der Waals surface area contributed by atoms with E-state index in [1.54, 1.807) is 46.2 Å². The zero-order valence-electron chi connectivity index (χ0n) is 19.7. The van der Waals surface area contributed by atoms with Crippen LogP contribution < -0.4 is 5.32 Å². The van der Waals surface area contributed by atoms with Crippen molar-refractivity contribution >= 4 is 23.5 Å². The second-order valence-electron chi connectivity index (χ2n) is 9.84. The van der Waals surface area contributed by atoms with Crippen LogP contribution in [0.25, 0.3) is 0 Å². The number of furan rings is 1. The first-order valence-corrected chi connectivity index (χ1v) is 12.6. The topological polar surface area (TPSA) is 99.9 Å². The molecule has 1 N–H and O–H groups in total. The van der Waals surface area contributed by atoms with Gasteiger partial charge < -0.3 is 19.5 Å². The van der Waals surface area contributed by atoms with Crippen LogP contribution in [0.3, 0.4) is 0 Å². The summed E-state index contributed by atoms with van der Waals surface area (Å²) in [4.78, 5) is 55.9. The lowest BCUT2D eigenvalue weighted by Crippen LogP contribution is -2.53. The number of hydrogen-bond donors (Lipinski definition) is 1. The Bertz CT molecular complexity index is 1080. The minimum atomic E-state index is -0.735. The fraction of sp³-hybridized carbons (Fsp3) is 0.481. The van der Waals surface area contributed by atoms with Crippen LogP contribution in [0, 0.1) is 5.92 Å². The number of likely N-dealkylation sites (tertiary alicyclic amines) is 2. The van der Waals surface area contributed by atoms with Gasteiger partial charge in [0.05, 0.1) is 18.8 Å². The molecule has 8 nitrogen and oxygen atoms in total. The quantitative estimate of drug-likeness (QED) is 0.689. The maximum absolute atomic E-state index is 13.8. The van der Waals surface area contributed by atoms with E-state index >= 15 is 0 Å². The van der Waals surface area contributed by atoms with E-state index in [0.29, 0.717) is 30.9 Å². The zero-order chi connectivity index (χ0) is 24.4. The third-order valence-electron chi connectivity index (χ3n) is 7.63. The summed E-state index contributed by atoms with van der Waals surface area (Å²) in [6, 6.07) is 10.4. The number of hydrogen-bond acceptors (Lipinski definition) is 5. The van der Waals surface area contributed by atoms with Crippen molar-refractivity contribution in [3.05, 3.63) is 60.1 Å². The summed E-state index contributed by atoms with van der Waals surface area (Å²) in [7, 11) is 0. The van der Waals surface area contributed by atoms with Gasteiger partial charge >= 0.3 is 0 Å². The summed E-state index contributed by atoms with van der Waals surface area (Å²) < 4.78 is 5.23. The van der Waals surface area contributed by atoms with Gasteiger partial charge in [-0.15, -0.1) is 0 Å². The maximum atomic E-state index is 13.8. The summed E-state index contributed by atoms with van der Waals surface area (Å²) in [5, 5.41) is 2.88. The highest BCUT2D eigenvalue weighted by atomic mass is 16.3. The summed E-state index contributed by atoms with van der Waals surface area (Å²) in [6.45, 7) is 0.384. The van der Waals surface area contributed by atoms with Gasteiger partial charge in [-0.3, -0.25) is 19.2 Å². The zero-order valence-corrected chi connectivity index (χ0v) is 19.7. The highest BCUT2D eigenvalue weighted by Crippen LogP contribution is 2.33. The van der Waals surface area contributed by atoms with Crippen LogP contribution in [0.4, 0.5) is 0 Å². The Kier molecular flexibility index (Phi) is 6.70. The van der Waals surface area contributed by atoms with Gasteiger partial charge in [0.25, 0.3) is 11.8 Å². The standard InChI is InChI=1S/C27H31N3O5/c31-22-17-30(26(33)19-10-5-2-6-11-19)21-13-14-29(24(21)22)27(34)20(16-18-8-3-1-4-9-18)28-25(32)23-12-7-15-35-23/h2,5-7,10-12,15,18,20-21,24H,1,3-4,8-9,13-14,16-17H2,(H,28,32)/t20-,21+,24-/m0/s1. The minimum absolute atomic E-state index is 0.00110. The molecule has 0 spiro atoms. The van der Waals surface area contributed by atoms with Gasteiger partial charge in [0.2, 0.25) is 5.91 Å². The lowest BCUT2D eigenvalue weighted by molar-refractivity contribution is -0.138. The third kappa shape index (κ3) is 4.74. The Morgan fingerprint density at radius 1 is 0.971 bits per heavy atom. The van der Waals surface area contributed by atoms with Gasteiger partial charge in [0.15, 0.2) is 11.5 Å². The van der Waals surface area contributed by atoms with Crippen LogP contribution in [-0.4, -0.2) is 64.5 Å². The maximum Gasteiger partial charge on any atom is 0.287 e. The minimum Gasteiger partial charge on any atom is -0.459 e. The van der Waals surface area contributed by atoms with E-state index in [-0.39, 0.29) is 35.9 Å². The molecule has 8 heteroatoms. The molecule has 2 aromatic rings. The number of Topliss-reactive ketones (excluding diaryl/α,β-unsaturated/α-hetero) is 1. The monoisotopic (exact) mass is 477 g/mol. The number of amides is 3. The molecule has 3 fully saturated rings. The molecule has 3 aliphatic rings. The van der Waals surface area contributed by atoms with E-state index in [2.05, 4.69) is 5.32 Å². The van der Waals surface area contributed by atoms with Crippen molar-refractivity contribution in [2.75, 3.05) is 13.1 Å². The third-order valence-corrected chi connectivity index (χ3v) is 7.63. The molecule has 2 saturated heterocycles. The molecule has 35 heavy (non-hydrogen) atoms. The molecule has 1 aromatic carbocycles. The fourth-order valence-corrected chi connectivity index (χ4v) is 5.90. The van der Waals surface area contributed by atoms with E-state index in [1.807, 2.05) is 6.07 Å². The van der Waals surface area contributed by atoms with Crippen molar-refractivity contribution in [3.63, 3.8) is 0 Å². The molecule has 0 bridgehead atoms. The van der Waals surface area contributed by atoms with Gasteiger partial charge in [-0.05, 0) is 43.0 Å². The van der Waals surface area contributed by atoms with Crippen molar-refractivity contribution in [1.82, 2.24) is 15.1 Å². The predicted molar refractivity (Wildman–Crippen MR) is 128 cm³/mol. The van der Waals surface area contributed by atoms with E-state index in [4.69, 9.17) is 4.42 Å². The van der Waals surface area contributed by atoms with E-state index < -0.39 is 18.0 Å². The van der Waals surface area contributed by atoms with E-state index in [1.165, 1.54) is 12.7 Å². The van der Waals surface area contributed by atoms with Gasteiger partial charge in [-0.2, -0.15) is 0 Å². The molecule has 184 valence electrons. The fourth-order valence-electron chi connectivity index (χ4n) is 5.90. The van der Waals surface area contributed by atoms with E-state index in [0.717, 1.165) is 25.7 Å². The summed E-state index contributed by atoms with van der Waals surface area (Å²) >= 11 is 0. The van der Waals surface area contributed by atoms with Gasteiger partial charge in [0, 0.05) is 12.1 Å². The molecule has 0 radical (unpaired) electrons. The summed E-state index contributed by atoms with van der Waals surface area (Å²) in [5.41, 5.74) is 0.534. The summed E-state index contributed by atoms with van der Waals surface area (Å²) in [5.74, 6) is -0.487. The van der Waals surface area contributed by atoms with Gasteiger partial charge in [-0.1, -0.05) is 50.3 Å². The van der Waals surface area contributed by atoms with E-state index in [9.17, 15) is 19.2 Å². The molecule has 1 saturated carbocycles. The SMILES string of the molecule is O=C(N[C@@H](CC1CCCCC1)C(=O)N1CC[C@@H]2[C@H]1C(=O)CN2C(=O)c1ccccc1)c1ccco1. The number of nitrogens with zero attached hydrogens (tertiary/aromatic N) is 2. The molecule has 1 aromatic heterocycles. The van der Waals surface area contributed by atoms with Gasteiger partial charge in [-0.25, -0.2) is 0 Å². The normalized spacial score (nSPS) is 23.3. The Hall–Kier alpha value is -3.42. The molecular weight excluding hydrogens is 446 g/mol. The summed E-state index contributed by atoms with van der Waals surface area (Å²) in [6.07, 6.45) is 8.03. The molecule has 2 aliphatic heterocycles. The Labute approximate surface area is 204 Å². The van der Waals surface area contributed by atoms with Crippen LogP contribution >= 0.6 is 0 Å². The van der Waals surface area contributed by atoms with Crippen LogP contribution in [0.5, 0.6) is 0 Å². The second-order valence-corrected chi connectivity index (χ2v) is 9.84. The number of fused-ring (bicyclic) bond motifs is 1. The predicted octanol–water partition coefficient (Wildman–Crippen LogP) is 3.04. The number of carbonyl (C=O) groups is 4. The molecule has 3 heterocycles. The number of nitrogens with one attached hydrogen (secondary N) is 1. The van der Waals surface area contributed by atoms with Crippen molar-refractivity contribution in [2.45, 2.75) is 63.1 Å². The Morgan fingerprint density at radius 3 is 2.46 bits per heavy atom. The van der Waals surface area contributed by atoms with Crippen molar-refractivity contribution in [1.29, 1.82) is 0 Å². The molecular formula is C27H31N3O5. The van der Waals surface area contributed by atoms with Crippen LogP contribution in [0.2, 0.25) is 0 Å². The van der Waals surface area contributed by atoms with Crippen LogP contribution in [-0.2, 0) is 9.59 Å². The number of carbonyl (C=O) groups excluding carboxylic acids is 4. The second kappa shape index (κ2) is 10.1. The largest absolute Gasteiger partial charge is 0.459 e. The van der Waals surface area contributed by atoms with Gasteiger partial charge in [0.1, 0.15) is 12.1 Å². The lowest BCUT2D eigenvalue weighted by atomic mass is 9.84. The average molecular weight is 478 g/mol. The first kappa shape index (κ1) is 23.3. The van der Waals surface area contributed by atoms with Crippen molar-refractivity contribution < 1.29 is 23.6 Å². The highest BCUT2D eigenvalue weighted by molar-refractivity contribution is 6.03. The molecule has 5 rings (SSSR count). The Balaban J connectivity index is 1.33. The number of benzene rings is 1. The lowest BCUT2D eigenvalue weighted by Gasteiger charge is -2.31.